The highest BCUT2D eigenvalue weighted by molar-refractivity contribution is 7.92. The van der Waals surface area contributed by atoms with Crippen LogP contribution in [0.25, 0.3) is 0 Å². The molecule has 0 saturated heterocycles. The molecule has 4 rings (SSSR count). The molecule has 2 amide bonds. The zero-order valence-electron chi connectivity index (χ0n) is 25.0. The molecule has 0 unspecified atom stereocenters. The molecule has 1 aliphatic rings. The molecule has 0 radical (unpaired) electrons. The molecular weight excluding hydrogens is 586 g/mol. The van der Waals surface area contributed by atoms with Crippen molar-refractivity contribution >= 4 is 39.1 Å². The number of benzene rings is 3. The number of amides is 2. The molecule has 0 aromatic heterocycles. The largest absolute Gasteiger partial charge is 0.494 e. The van der Waals surface area contributed by atoms with E-state index in [0.29, 0.717) is 35.1 Å². The van der Waals surface area contributed by atoms with Gasteiger partial charge in [0.1, 0.15) is 18.3 Å². The number of sulfonamides is 1. The third-order valence-electron chi connectivity index (χ3n) is 7.71. The molecule has 10 heteroatoms. The van der Waals surface area contributed by atoms with Gasteiger partial charge in [-0.15, -0.1) is 0 Å². The van der Waals surface area contributed by atoms with Crippen molar-refractivity contribution in [1.82, 2.24) is 10.2 Å². The Bertz CT molecular complexity index is 1490. The highest BCUT2D eigenvalue weighted by Gasteiger charge is 2.34. The van der Waals surface area contributed by atoms with E-state index >= 15 is 0 Å². The SMILES string of the molecule is CCOc1ccc(S(=O)(=O)N(CC(=O)N(Cc2ccccc2Cl)[C@H](CC)C(=O)NC2CCCC2)c2ccc(C)cc2)cc1. The molecular formula is C33H40ClN3O5S. The van der Waals surface area contributed by atoms with Crippen LogP contribution in [-0.4, -0.2) is 50.4 Å². The number of carbonyl (C=O) groups excluding carboxylic acids is 2. The summed E-state index contributed by atoms with van der Waals surface area (Å²) in [5, 5.41) is 3.58. The summed E-state index contributed by atoms with van der Waals surface area (Å²) in [4.78, 5) is 29.3. The van der Waals surface area contributed by atoms with Crippen molar-refractivity contribution < 1.29 is 22.7 Å². The standard InChI is InChI=1S/C33H40ClN3O5S/c1-4-31(33(39)35-26-11-7-8-12-26)36(22-25-10-6-9-13-30(25)34)32(38)23-37(27-16-14-24(3)15-17-27)43(40,41)29-20-18-28(19-21-29)42-5-2/h6,9-10,13-21,26,31H,4-5,7-8,11-12,22-23H2,1-3H3,(H,35,39)/t31-/m1/s1. The number of halogens is 1. The summed E-state index contributed by atoms with van der Waals surface area (Å²) in [7, 11) is -4.18. The molecule has 0 heterocycles. The Morgan fingerprint density at radius 2 is 1.63 bits per heavy atom. The van der Waals surface area contributed by atoms with E-state index in [1.54, 1.807) is 54.6 Å². The Kier molecular flexibility index (Phi) is 11.1. The van der Waals surface area contributed by atoms with E-state index in [2.05, 4.69) is 5.32 Å². The lowest BCUT2D eigenvalue weighted by atomic mass is 10.1. The molecule has 1 fully saturated rings. The van der Waals surface area contributed by atoms with E-state index in [1.807, 2.05) is 26.8 Å². The van der Waals surface area contributed by atoms with E-state index in [1.165, 1.54) is 17.0 Å². The van der Waals surface area contributed by atoms with E-state index in [-0.39, 0.29) is 23.4 Å². The predicted octanol–water partition coefficient (Wildman–Crippen LogP) is 6.11. The summed E-state index contributed by atoms with van der Waals surface area (Å²) in [6.45, 7) is 5.60. The number of nitrogens with zero attached hydrogens (tertiary/aromatic N) is 2. The fourth-order valence-electron chi connectivity index (χ4n) is 5.34. The molecule has 3 aromatic carbocycles. The minimum Gasteiger partial charge on any atom is -0.494 e. The van der Waals surface area contributed by atoms with Gasteiger partial charge in [-0.25, -0.2) is 8.42 Å². The van der Waals surface area contributed by atoms with Crippen LogP contribution in [0.15, 0.2) is 77.7 Å². The highest BCUT2D eigenvalue weighted by atomic mass is 35.5. The maximum Gasteiger partial charge on any atom is 0.264 e. The lowest BCUT2D eigenvalue weighted by Gasteiger charge is -2.34. The number of anilines is 1. The number of carbonyl (C=O) groups is 2. The summed E-state index contributed by atoms with van der Waals surface area (Å²) in [6.07, 6.45) is 4.27. The quantitative estimate of drug-likeness (QED) is 0.247. The number of hydrogen-bond donors (Lipinski definition) is 1. The number of hydrogen-bond acceptors (Lipinski definition) is 5. The van der Waals surface area contributed by atoms with Gasteiger partial charge in [-0.2, -0.15) is 0 Å². The smallest absolute Gasteiger partial charge is 0.264 e. The van der Waals surface area contributed by atoms with Gasteiger partial charge in [0.2, 0.25) is 11.8 Å². The summed E-state index contributed by atoms with van der Waals surface area (Å²) in [5.74, 6) is -0.209. The van der Waals surface area contributed by atoms with Crippen LogP contribution in [0.4, 0.5) is 5.69 Å². The zero-order chi connectivity index (χ0) is 31.0. The van der Waals surface area contributed by atoms with Crippen LogP contribution in [0.3, 0.4) is 0 Å². The number of aryl methyl sites for hydroxylation is 1. The van der Waals surface area contributed by atoms with Crippen LogP contribution in [-0.2, 0) is 26.2 Å². The molecule has 230 valence electrons. The van der Waals surface area contributed by atoms with Crippen molar-refractivity contribution in [3.63, 3.8) is 0 Å². The molecule has 0 bridgehead atoms. The molecule has 8 nitrogen and oxygen atoms in total. The lowest BCUT2D eigenvalue weighted by Crippen LogP contribution is -2.53. The van der Waals surface area contributed by atoms with Crippen LogP contribution >= 0.6 is 11.6 Å². The van der Waals surface area contributed by atoms with E-state index in [0.717, 1.165) is 35.6 Å². The third-order valence-corrected chi connectivity index (χ3v) is 9.87. The lowest BCUT2D eigenvalue weighted by molar-refractivity contribution is -0.140. The second-order valence-corrected chi connectivity index (χ2v) is 13.0. The molecule has 1 saturated carbocycles. The Hall–Kier alpha value is -3.56. The maximum atomic E-state index is 14.2. The normalized spacial score (nSPS) is 14.2. The molecule has 1 N–H and O–H groups in total. The first kappa shape index (κ1) is 32.4. The Morgan fingerprint density at radius 3 is 2.23 bits per heavy atom. The van der Waals surface area contributed by atoms with Gasteiger partial charge in [0, 0.05) is 17.6 Å². The molecule has 0 spiro atoms. The fourth-order valence-corrected chi connectivity index (χ4v) is 6.95. The van der Waals surface area contributed by atoms with E-state index < -0.39 is 28.5 Å². The fraction of sp³-hybridized carbons (Fsp3) is 0.394. The van der Waals surface area contributed by atoms with Gasteiger partial charge in [0.15, 0.2) is 0 Å². The van der Waals surface area contributed by atoms with Crippen molar-refractivity contribution in [3.8, 4) is 5.75 Å². The Balaban J connectivity index is 1.71. The summed E-state index contributed by atoms with van der Waals surface area (Å²) in [5.41, 5.74) is 1.96. The summed E-state index contributed by atoms with van der Waals surface area (Å²) >= 11 is 6.49. The second-order valence-electron chi connectivity index (χ2n) is 10.8. The Morgan fingerprint density at radius 1 is 0.977 bits per heavy atom. The highest BCUT2D eigenvalue weighted by Crippen LogP contribution is 2.27. The van der Waals surface area contributed by atoms with Gasteiger partial charge in [-0.3, -0.25) is 13.9 Å². The average molecular weight is 626 g/mol. The molecule has 1 atom stereocenters. The average Bonchev–Trinajstić information content (AvgIpc) is 3.50. The minimum absolute atomic E-state index is 0.0213. The predicted molar refractivity (Wildman–Crippen MR) is 170 cm³/mol. The molecule has 0 aliphatic heterocycles. The first-order chi connectivity index (χ1) is 20.6. The van der Waals surface area contributed by atoms with Crippen LogP contribution in [0, 0.1) is 6.92 Å². The van der Waals surface area contributed by atoms with Crippen molar-refractivity contribution in [1.29, 1.82) is 0 Å². The first-order valence-electron chi connectivity index (χ1n) is 14.8. The number of ether oxygens (including phenoxy) is 1. The van der Waals surface area contributed by atoms with Crippen molar-refractivity contribution in [2.24, 2.45) is 0 Å². The molecule has 1 aliphatic carbocycles. The summed E-state index contributed by atoms with van der Waals surface area (Å²) in [6, 6.07) is 19.5. The monoisotopic (exact) mass is 625 g/mol. The molecule has 43 heavy (non-hydrogen) atoms. The van der Waals surface area contributed by atoms with Gasteiger partial charge in [-0.1, -0.05) is 67.3 Å². The summed E-state index contributed by atoms with van der Waals surface area (Å²) < 4.78 is 34.7. The van der Waals surface area contributed by atoms with E-state index in [9.17, 15) is 18.0 Å². The van der Waals surface area contributed by atoms with Gasteiger partial charge < -0.3 is 15.0 Å². The van der Waals surface area contributed by atoms with Gasteiger partial charge in [-0.05, 0) is 81.1 Å². The van der Waals surface area contributed by atoms with Crippen LogP contribution in [0.5, 0.6) is 5.75 Å². The van der Waals surface area contributed by atoms with Gasteiger partial charge >= 0.3 is 0 Å². The van der Waals surface area contributed by atoms with Crippen LogP contribution in [0.1, 0.15) is 57.1 Å². The van der Waals surface area contributed by atoms with Crippen molar-refractivity contribution in [2.45, 2.75) is 76.4 Å². The van der Waals surface area contributed by atoms with Gasteiger partial charge in [0.05, 0.1) is 17.2 Å². The topological polar surface area (TPSA) is 96.0 Å². The van der Waals surface area contributed by atoms with Gasteiger partial charge in [0.25, 0.3) is 10.0 Å². The van der Waals surface area contributed by atoms with Crippen LogP contribution in [0.2, 0.25) is 5.02 Å². The Labute approximate surface area is 260 Å². The van der Waals surface area contributed by atoms with Crippen molar-refractivity contribution in [3.05, 3.63) is 88.9 Å². The zero-order valence-corrected chi connectivity index (χ0v) is 26.5. The molecule has 3 aromatic rings. The minimum atomic E-state index is -4.18. The maximum absolute atomic E-state index is 14.2. The van der Waals surface area contributed by atoms with Crippen molar-refractivity contribution in [2.75, 3.05) is 17.5 Å². The third kappa shape index (κ3) is 8.09. The second kappa shape index (κ2) is 14.8. The van der Waals surface area contributed by atoms with E-state index in [4.69, 9.17) is 16.3 Å². The first-order valence-corrected chi connectivity index (χ1v) is 16.6. The number of nitrogens with one attached hydrogen (secondary N) is 1. The van der Waals surface area contributed by atoms with Crippen LogP contribution < -0.4 is 14.4 Å². The number of rotatable bonds is 13.